The highest BCUT2D eigenvalue weighted by Crippen LogP contribution is 2.55. The third-order valence-electron chi connectivity index (χ3n) is 5.77. The Morgan fingerprint density at radius 2 is 2.04 bits per heavy atom. The first-order valence-electron chi connectivity index (χ1n) is 8.60. The van der Waals surface area contributed by atoms with E-state index in [0.717, 1.165) is 41.2 Å². The first-order chi connectivity index (χ1) is 12.5. The van der Waals surface area contributed by atoms with E-state index in [2.05, 4.69) is 6.92 Å². The van der Waals surface area contributed by atoms with Gasteiger partial charge in [0.25, 0.3) is 0 Å². The van der Waals surface area contributed by atoms with E-state index in [1.165, 1.54) is 12.7 Å². The first-order valence-corrected chi connectivity index (χ1v) is 8.97. The van der Waals surface area contributed by atoms with E-state index in [1.54, 1.807) is 4.90 Å². The lowest BCUT2D eigenvalue weighted by atomic mass is 9.63. The minimum absolute atomic E-state index is 0.112. The molecule has 5 rings (SSSR count). The Morgan fingerprint density at radius 1 is 1.27 bits per heavy atom. The Balaban J connectivity index is 1.75. The summed E-state index contributed by atoms with van der Waals surface area (Å²) in [5.41, 5.74) is 4.10. The lowest BCUT2D eigenvalue weighted by Crippen LogP contribution is -2.48. The molecular formula is C20H18ClNO4. The molecule has 2 heterocycles. The van der Waals surface area contributed by atoms with Crippen molar-refractivity contribution in [3.63, 3.8) is 0 Å². The molecule has 5 nitrogen and oxygen atoms in total. The summed E-state index contributed by atoms with van der Waals surface area (Å²) in [6, 6.07) is 9.66. The molecule has 0 saturated carbocycles. The molecule has 1 amide bonds. The van der Waals surface area contributed by atoms with Crippen molar-refractivity contribution in [1.29, 1.82) is 0 Å². The zero-order valence-electron chi connectivity index (χ0n) is 14.5. The lowest BCUT2D eigenvalue weighted by Gasteiger charge is -2.49. The summed E-state index contributed by atoms with van der Waals surface area (Å²) in [6.07, 6.45) is 1.30. The average Bonchev–Trinajstić information content (AvgIpc) is 3.07. The molecule has 26 heavy (non-hydrogen) atoms. The van der Waals surface area contributed by atoms with Crippen molar-refractivity contribution in [1.82, 2.24) is 0 Å². The van der Waals surface area contributed by atoms with Crippen LogP contribution in [0.4, 0.5) is 10.5 Å². The maximum absolute atomic E-state index is 12.7. The molecule has 2 aromatic carbocycles. The molecule has 1 aliphatic carbocycles. The predicted molar refractivity (Wildman–Crippen MR) is 97.3 cm³/mol. The van der Waals surface area contributed by atoms with Crippen molar-refractivity contribution >= 4 is 23.4 Å². The highest BCUT2D eigenvalue weighted by atomic mass is 35.5. The molecule has 3 aliphatic rings. The second-order valence-electron chi connectivity index (χ2n) is 7.36. The molecule has 0 saturated heterocycles. The van der Waals surface area contributed by atoms with Gasteiger partial charge in [0.2, 0.25) is 6.79 Å². The number of rotatable bonds is 0. The van der Waals surface area contributed by atoms with Gasteiger partial charge in [0.05, 0.1) is 18.8 Å². The molecule has 134 valence electrons. The molecule has 0 spiro atoms. The van der Waals surface area contributed by atoms with Gasteiger partial charge in [-0.1, -0.05) is 18.5 Å². The maximum Gasteiger partial charge on any atom is 0.414 e. The molecule has 6 heteroatoms. The van der Waals surface area contributed by atoms with Crippen molar-refractivity contribution in [3.05, 3.63) is 52.0 Å². The normalized spacial score (nSPS) is 24.7. The van der Waals surface area contributed by atoms with Crippen LogP contribution in [0.5, 0.6) is 11.5 Å². The van der Waals surface area contributed by atoms with Gasteiger partial charge < -0.3 is 14.2 Å². The highest BCUT2D eigenvalue weighted by molar-refractivity contribution is 6.30. The molecule has 2 aromatic rings. The molecule has 2 unspecified atom stereocenters. The monoisotopic (exact) mass is 371 g/mol. The Bertz CT molecular complexity index is 944. The van der Waals surface area contributed by atoms with Gasteiger partial charge in [-0.15, -0.1) is 0 Å². The fourth-order valence-electron chi connectivity index (χ4n) is 4.62. The Hall–Kier alpha value is -2.40. The van der Waals surface area contributed by atoms with Gasteiger partial charge in [-0.05, 0) is 59.9 Å². The number of nitrogens with zero attached hydrogens (tertiary/aromatic N) is 1. The number of hydrogen-bond acceptors (Lipinski definition) is 4. The van der Waals surface area contributed by atoms with E-state index < -0.39 is 0 Å². The smallest absolute Gasteiger partial charge is 0.414 e. The number of halogens is 1. The van der Waals surface area contributed by atoms with Crippen molar-refractivity contribution in [2.24, 2.45) is 0 Å². The minimum Gasteiger partial charge on any atom is -0.454 e. The first kappa shape index (κ1) is 15.8. The largest absolute Gasteiger partial charge is 0.454 e. The third kappa shape index (κ3) is 2.07. The third-order valence-corrected chi connectivity index (χ3v) is 6.00. The number of hydrogen-bond donors (Lipinski definition) is 0. The quantitative estimate of drug-likeness (QED) is 0.679. The van der Waals surface area contributed by atoms with Crippen LogP contribution in [0.1, 0.15) is 36.1 Å². The molecule has 0 radical (unpaired) electrons. The van der Waals surface area contributed by atoms with Crippen molar-refractivity contribution < 1.29 is 19.0 Å². The van der Waals surface area contributed by atoms with Crippen LogP contribution in [0.2, 0.25) is 5.02 Å². The van der Waals surface area contributed by atoms with Crippen LogP contribution in [0.15, 0.2) is 30.3 Å². The number of fused-ring (bicyclic) bond motifs is 7. The standard InChI is InChI=1S/C20H18ClNO4/c1-20-8-11-5-17-18(26-10-25-17)7-13(11)16(9-20)22(19(23)24-2)15-4-3-12(21)6-14(15)20/h3-7,16H,8-10H2,1-2H3. The average molecular weight is 372 g/mol. The summed E-state index contributed by atoms with van der Waals surface area (Å²) in [6.45, 7) is 2.47. The summed E-state index contributed by atoms with van der Waals surface area (Å²) in [4.78, 5) is 14.4. The second-order valence-corrected chi connectivity index (χ2v) is 7.80. The summed E-state index contributed by atoms with van der Waals surface area (Å²) in [5, 5.41) is 0.671. The number of methoxy groups -OCH3 is 1. The van der Waals surface area contributed by atoms with Gasteiger partial charge in [0.15, 0.2) is 11.5 Å². The van der Waals surface area contributed by atoms with Crippen LogP contribution in [0.3, 0.4) is 0 Å². The molecule has 0 N–H and O–H groups in total. The molecular weight excluding hydrogens is 354 g/mol. The van der Waals surface area contributed by atoms with E-state index in [1.807, 2.05) is 30.3 Å². The Labute approximate surface area is 156 Å². The fourth-order valence-corrected chi connectivity index (χ4v) is 4.79. The number of ether oxygens (including phenoxy) is 3. The summed E-state index contributed by atoms with van der Waals surface area (Å²) >= 11 is 6.28. The lowest BCUT2D eigenvalue weighted by molar-refractivity contribution is 0.170. The Kier molecular flexibility index (Phi) is 3.23. The summed E-state index contributed by atoms with van der Waals surface area (Å²) < 4.78 is 16.2. The van der Waals surface area contributed by atoms with E-state index in [9.17, 15) is 4.79 Å². The van der Waals surface area contributed by atoms with Gasteiger partial charge in [0.1, 0.15) is 0 Å². The van der Waals surface area contributed by atoms with Gasteiger partial charge in [0, 0.05) is 10.4 Å². The Morgan fingerprint density at radius 3 is 2.81 bits per heavy atom. The topological polar surface area (TPSA) is 48.0 Å². The van der Waals surface area contributed by atoms with Crippen LogP contribution in [0.25, 0.3) is 0 Å². The predicted octanol–water partition coefficient (Wildman–Crippen LogP) is 4.60. The second kappa shape index (κ2) is 5.30. The highest BCUT2D eigenvalue weighted by Gasteiger charge is 2.48. The zero-order valence-corrected chi connectivity index (χ0v) is 15.3. The number of benzene rings is 2. The minimum atomic E-state index is -0.369. The van der Waals surface area contributed by atoms with Crippen LogP contribution < -0.4 is 14.4 Å². The van der Waals surface area contributed by atoms with Crippen LogP contribution in [-0.2, 0) is 16.6 Å². The van der Waals surface area contributed by atoms with Crippen LogP contribution in [0, 0.1) is 0 Å². The molecule has 2 atom stereocenters. The summed E-state index contributed by atoms with van der Waals surface area (Å²) in [7, 11) is 1.41. The zero-order chi connectivity index (χ0) is 18.1. The van der Waals surface area contributed by atoms with Crippen molar-refractivity contribution in [3.8, 4) is 11.5 Å². The molecule has 2 aliphatic heterocycles. The van der Waals surface area contributed by atoms with Gasteiger partial charge in [-0.25, -0.2) is 4.79 Å². The van der Waals surface area contributed by atoms with Gasteiger partial charge >= 0.3 is 6.09 Å². The van der Waals surface area contributed by atoms with E-state index >= 15 is 0 Å². The van der Waals surface area contributed by atoms with Gasteiger partial charge in [-0.3, -0.25) is 4.90 Å². The number of carbonyl (C=O) groups excluding carboxylic acids is 1. The van der Waals surface area contributed by atoms with E-state index in [-0.39, 0.29) is 24.3 Å². The molecule has 0 aromatic heterocycles. The van der Waals surface area contributed by atoms with Crippen LogP contribution >= 0.6 is 11.6 Å². The molecule has 2 bridgehead atoms. The number of carbonyl (C=O) groups is 1. The number of anilines is 1. The van der Waals surface area contributed by atoms with E-state index in [0.29, 0.717) is 5.02 Å². The SMILES string of the molecule is COC(=O)N1c2ccc(Cl)cc2C2(C)Cc3cc4c(cc3C1C2)OCO4. The van der Waals surface area contributed by atoms with Crippen molar-refractivity contribution in [2.75, 3.05) is 18.8 Å². The van der Waals surface area contributed by atoms with Gasteiger partial charge in [-0.2, -0.15) is 0 Å². The fraction of sp³-hybridized carbons (Fsp3) is 0.350. The molecule has 0 fully saturated rings. The maximum atomic E-state index is 12.7. The number of amides is 1. The summed E-state index contributed by atoms with van der Waals surface area (Å²) in [5.74, 6) is 1.50. The van der Waals surface area contributed by atoms with E-state index in [4.69, 9.17) is 25.8 Å². The van der Waals surface area contributed by atoms with Crippen LogP contribution in [-0.4, -0.2) is 20.0 Å². The van der Waals surface area contributed by atoms with Crippen molar-refractivity contribution in [2.45, 2.75) is 31.2 Å².